The molecule has 144 valence electrons. The molecule has 2 aromatic rings. The molecule has 0 amide bonds. The average molecular weight is 389 g/mol. The molecule has 0 spiro atoms. The molecule has 2 aliphatic carbocycles. The van der Waals surface area contributed by atoms with Crippen molar-refractivity contribution in [1.29, 1.82) is 0 Å². The van der Waals surface area contributed by atoms with Crippen molar-refractivity contribution in [1.82, 2.24) is 0 Å². The highest BCUT2D eigenvalue weighted by atomic mass is 16.6. The fraction of sp³-hybridized carbons (Fsp3) is 0.227. The second-order valence-electron chi connectivity index (χ2n) is 7.48. The van der Waals surface area contributed by atoms with E-state index in [0.717, 1.165) is 16.7 Å². The Balaban J connectivity index is 1.64. The Kier molecular flexibility index (Phi) is 3.03. The zero-order valence-electron chi connectivity index (χ0n) is 15.4. The Morgan fingerprint density at radius 3 is 2.93 bits per heavy atom. The molecular weight excluding hydrogens is 374 g/mol. The van der Waals surface area contributed by atoms with Gasteiger partial charge in [-0.2, -0.15) is 0 Å². The number of hydrogen-bond acceptors (Lipinski definition) is 7. The predicted molar refractivity (Wildman–Crippen MR) is 103 cm³/mol. The first-order valence-electron chi connectivity index (χ1n) is 9.40. The van der Waals surface area contributed by atoms with E-state index in [2.05, 4.69) is 0 Å². The summed E-state index contributed by atoms with van der Waals surface area (Å²) in [4.78, 5) is 29.8. The van der Waals surface area contributed by atoms with Gasteiger partial charge in [0, 0.05) is 11.1 Å². The summed E-state index contributed by atoms with van der Waals surface area (Å²) < 4.78 is 15.5. The Bertz CT molecular complexity index is 1320. The molecule has 6 rings (SSSR count). The maximum absolute atomic E-state index is 13.5. The maximum atomic E-state index is 13.5. The van der Waals surface area contributed by atoms with Gasteiger partial charge in [0.2, 0.25) is 0 Å². The first-order chi connectivity index (χ1) is 14.0. The molecular formula is C22H15NO6. The molecule has 1 atom stereocenters. The molecule has 2 aliphatic heterocycles. The number of Topliss-reactive ketones (excluding diaryl/α,β-unsaturated/α-hetero) is 1. The summed E-state index contributed by atoms with van der Waals surface area (Å²) in [6, 6.07) is 3.78. The number of hydrogen-bond donors (Lipinski definition) is 1. The molecule has 0 unspecified atom stereocenters. The van der Waals surface area contributed by atoms with Crippen LogP contribution in [-0.4, -0.2) is 16.6 Å². The van der Waals surface area contributed by atoms with E-state index in [0.29, 0.717) is 41.3 Å². The van der Waals surface area contributed by atoms with E-state index >= 15 is 0 Å². The summed E-state index contributed by atoms with van der Waals surface area (Å²) in [5.41, 5.74) is 3.47. The SMILES string of the molecule is CC[C@@]1(O)C2=C(N=C3Cc4oc(=O)oc4C=C3C2=O)c2c1ccc1c2C=COC1. The van der Waals surface area contributed by atoms with Gasteiger partial charge >= 0.3 is 5.82 Å². The lowest BCUT2D eigenvalue weighted by Gasteiger charge is -2.28. The summed E-state index contributed by atoms with van der Waals surface area (Å²) in [6.45, 7) is 2.26. The van der Waals surface area contributed by atoms with Gasteiger partial charge in [-0.1, -0.05) is 19.1 Å². The number of allylic oxidation sites excluding steroid dienone is 1. The van der Waals surface area contributed by atoms with Crippen LogP contribution in [0.15, 0.2) is 48.2 Å². The van der Waals surface area contributed by atoms with Crippen molar-refractivity contribution >= 4 is 29.3 Å². The van der Waals surface area contributed by atoms with Crippen LogP contribution < -0.4 is 5.82 Å². The molecule has 1 aromatic heterocycles. The van der Waals surface area contributed by atoms with E-state index < -0.39 is 11.4 Å². The van der Waals surface area contributed by atoms with Crippen molar-refractivity contribution in [3.05, 3.63) is 73.9 Å². The standard InChI is InChI=1S/C22H15NO6/c1-2-22(26)13-4-3-10-9-27-6-5-11(10)17(13)19-18(22)20(24)12-7-15-16(8-14(12)23-19)29-21(25)28-15/h3-7,26H,2,8-9H2,1H3/t22-/m0/s1. The largest absolute Gasteiger partial charge is 0.519 e. The third-order valence-corrected chi connectivity index (χ3v) is 6.06. The summed E-state index contributed by atoms with van der Waals surface area (Å²) >= 11 is 0. The number of nitrogens with zero attached hydrogens (tertiary/aromatic N) is 1. The van der Waals surface area contributed by atoms with E-state index in [1.54, 1.807) is 6.26 Å². The number of aliphatic hydroxyl groups is 1. The van der Waals surface area contributed by atoms with Crippen molar-refractivity contribution in [3.63, 3.8) is 0 Å². The Morgan fingerprint density at radius 1 is 1.24 bits per heavy atom. The van der Waals surface area contributed by atoms with E-state index in [1.165, 1.54) is 6.08 Å². The van der Waals surface area contributed by atoms with Gasteiger partial charge in [-0.05, 0) is 35.3 Å². The van der Waals surface area contributed by atoms with Gasteiger partial charge < -0.3 is 18.7 Å². The van der Waals surface area contributed by atoms with E-state index in [9.17, 15) is 14.7 Å². The number of aliphatic imine (C=N–C) groups is 1. The van der Waals surface area contributed by atoms with Crippen molar-refractivity contribution in [2.45, 2.75) is 32.0 Å². The summed E-state index contributed by atoms with van der Waals surface area (Å²) in [6.07, 6.45) is 5.45. The minimum absolute atomic E-state index is 0.184. The Hall–Kier alpha value is -3.45. The average Bonchev–Trinajstić information content (AvgIpc) is 3.21. The van der Waals surface area contributed by atoms with Crippen molar-refractivity contribution < 1.29 is 23.5 Å². The Morgan fingerprint density at radius 2 is 2.10 bits per heavy atom. The molecule has 1 aromatic carbocycles. The van der Waals surface area contributed by atoms with Crippen LogP contribution in [0.4, 0.5) is 0 Å². The molecule has 4 aliphatic rings. The highest BCUT2D eigenvalue weighted by Gasteiger charge is 2.50. The van der Waals surface area contributed by atoms with Crippen LogP contribution >= 0.6 is 0 Å². The van der Waals surface area contributed by atoms with Gasteiger partial charge in [-0.15, -0.1) is 0 Å². The van der Waals surface area contributed by atoms with E-state index in [1.807, 2.05) is 25.1 Å². The lowest BCUT2D eigenvalue weighted by atomic mass is 9.80. The number of carbonyl (C=O) groups is 1. The summed E-state index contributed by atoms with van der Waals surface area (Å²) in [5, 5.41) is 11.6. The first-order valence-corrected chi connectivity index (χ1v) is 9.40. The van der Waals surface area contributed by atoms with Crippen molar-refractivity contribution in [2.75, 3.05) is 0 Å². The molecule has 0 bridgehead atoms. The summed E-state index contributed by atoms with van der Waals surface area (Å²) in [5.74, 6) is -0.533. The smallest absolute Gasteiger partial charge is 0.496 e. The monoisotopic (exact) mass is 389 g/mol. The molecule has 0 saturated heterocycles. The molecule has 29 heavy (non-hydrogen) atoms. The molecule has 3 heterocycles. The fourth-order valence-corrected chi connectivity index (χ4v) is 4.64. The predicted octanol–water partition coefficient (Wildman–Crippen LogP) is 2.72. The van der Waals surface area contributed by atoms with Crippen LogP contribution in [0.1, 0.15) is 47.1 Å². The van der Waals surface area contributed by atoms with Crippen LogP contribution in [0, 0.1) is 0 Å². The number of carbonyl (C=O) groups excluding carboxylic acids is 1. The molecule has 7 heteroatoms. The van der Waals surface area contributed by atoms with Crippen molar-refractivity contribution in [3.8, 4) is 0 Å². The molecule has 0 fully saturated rings. The Labute approximate surface area is 164 Å². The van der Waals surface area contributed by atoms with Gasteiger partial charge in [0.15, 0.2) is 17.3 Å². The maximum Gasteiger partial charge on any atom is 0.519 e. The number of benzene rings is 1. The van der Waals surface area contributed by atoms with Crippen LogP contribution in [-0.2, 0) is 28.2 Å². The molecule has 1 N–H and O–H groups in total. The van der Waals surface area contributed by atoms with Gasteiger partial charge in [-0.25, -0.2) is 4.79 Å². The fourth-order valence-electron chi connectivity index (χ4n) is 4.64. The number of fused-ring (bicyclic) bond motifs is 6. The second-order valence-corrected chi connectivity index (χ2v) is 7.48. The highest BCUT2D eigenvalue weighted by molar-refractivity contribution is 6.37. The zero-order chi connectivity index (χ0) is 19.9. The molecule has 7 nitrogen and oxygen atoms in total. The van der Waals surface area contributed by atoms with Gasteiger partial charge in [0.25, 0.3) is 0 Å². The lowest BCUT2D eigenvalue weighted by Crippen LogP contribution is -2.33. The van der Waals surface area contributed by atoms with Crippen LogP contribution in [0.2, 0.25) is 0 Å². The lowest BCUT2D eigenvalue weighted by molar-refractivity contribution is -0.114. The highest BCUT2D eigenvalue weighted by Crippen LogP contribution is 2.53. The zero-order valence-corrected chi connectivity index (χ0v) is 15.4. The van der Waals surface area contributed by atoms with Crippen molar-refractivity contribution in [2.24, 2.45) is 4.99 Å². The van der Waals surface area contributed by atoms with Crippen LogP contribution in [0.25, 0.3) is 17.8 Å². The second kappa shape index (κ2) is 5.33. The van der Waals surface area contributed by atoms with Crippen LogP contribution in [0.3, 0.4) is 0 Å². The number of rotatable bonds is 1. The molecule has 0 radical (unpaired) electrons. The topological polar surface area (TPSA) is 102 Å². The van der Waals surface area contributed by atoms with E-state index in [4.69, 9.17) is 18.6 Å². The minimum Gasteiger partial charge on any atom is -0.496 e. The van der Waals surface area contributed by atoms with Gasteiger partial charge in [0.05, 0.1) is 29.7 Å². The van der Waals surface area contributed by atoms with Gasteiger partial charge in [0.1, 0.15) is 12.2 Å². The normalized spacial score (nSPS) is 23.4. The molecule has 0 saturated carbocycles. The minimum atomic E-state index is -1.43. The quantitative estimate of drug-likeness (QED) is 0.805. The third kappa shape index (κ3) is 1.97. The van der Waals surface area contributed by atoms with Gasteiger partial charge in [-0.3, -0.25) is 9.79 Å². The van der Waals surface area contributed by atoms with E-state index in [-0.39, 0.29) is 23.5 Å². The third-order valence-electron chi connectivity index (χ3n) is 6.06. The number of ether oxygens (including phenoxy) is 1. The first kappa shape index (κ1) is 16.5. The summed E-state index contributed by atoms with van der Waals surface area (Å²) in [7, 11) is 0. The number of ketones is 1. The van der Waals surface area contributed by atoms with Crippen LogP contribution in [0.5, 0.6) is 0 Å².